The van der Waals surface area contributed by atoms with Crippen molar-refractivity contribution in [2.75, 3.05) is 19.0 Å². The molecule has 0 bridgehead atoms. The largest absolute Gasteiger partial charge is 0.377 e. The van der Waals surface area contributed by atoms with E-state index in [4.69, 9.17) is 0 Å². The molecule has 22 heavy (non-hydrogen) atoms. The summed E-state index contributed by atoms with van der Waals surface area (Å²) in [6.07, 6.45) is 0. The van der Waals surface area contributed by atoms with Crippen LogP contribution in [0.5, 0.6) is 0 Å². The highest BCUT2D eigenvalue weighted by Gasteiger charge is 2.37. The Hall–Kier alpha value is -2.65. The van der Waals surface area contributed by atoms with E-state index in [1.54, 1.807) is 37.2 Å². The lowest BCUT2D eigenvalue weighted by Crippen LogP contribution is -2.23. The fraction of sp³-hybridized carbons (Fsp3) is 0.125. The first-order valence-electron chi connectivity index (χ1n) is 6.53. The van der Waals surface area contributed by atoms with E-state index in [9.17, 15) is 18.5 Å². The maximum Gasteiger partial charge on any atom is 0.208 e. The molecule has 0 radical (unpaired) electrons. The Labute approximate surface area is 128 Å². The average molecular weight is 312 g/mol. The number of fused-ring (bicyclic) bond motifs is 2. The second-order valence-electron chi connectivity index (χ2n) is 5.17. The maximum atomic E-state index is 12.7. The Bertz CT molecular complexity index is 954. The van der Waals surface area contributed by atoms with Crippen LogP contribution in [0, 0.1) is 11.3 Å². The van der Waals surface area contributed by atoms with Gasteiger partial charge < -0.3 is 4.90 Å². The normalized spacial score (nSPS) is 14.7. The van der Waals surface area contributed by atoms with E-state index < -0.39 is 15.6 Å². The zero-order valence-corrected chi connectivity index (χ0v) is 12.8. The fourth-order valence-electron chi connectivity index (χ4n) is 2.65. The third kappa shape index (κ3) is 1.76. The van der Waals surface area contributed by atoms with Gasteiger partial charge in [-0.2, -0.15) is 5.26 Å². The zero-order valence-electron chi connectivity index (χ0n) is 12.0. The molecule has 1 aliphatic heterocycles. The van der Waals surface area contributed by atoms with Gasteiger partial charge in [-0.3, -0.25) is 4.79 Å². The average Bonchev–Trinajstić information content (AvgIpc) is 2.51. The first-order valence-corrected chi connectivity index (χ1v) is 8.01. The van der Waals surface area contributed by atoms with E-state index in [-0.39, 0.29) is 26.5 Å². The van der Waals surface area contributed by atoms with Crippen LogP contribution in [-0.4, -0.2) is 28.3 Å². The van der Waals surface area contributed by atoms with E-state index in [1.807, 2.05) is 6.07 Å². The molecule has 0 aromatic heterocycles. The lowest BCUT2D eigenvalue weighted by Gasteiger charge is -2.23. The van der Waals surface area contributed by atoms with Gasteiger partial charge >= 0.3 is 0 Å². The lowest BCUT2D eigenvalue weighted by molar-refractivity contribution is 0.103. The van der Waals surface area contributed by atoms with E-state index in [0.717, 1.165) is 0 Å². The molecule has 6 heteroatoms. The zero-order chi connectivity index (χ0) is 16.1. The molecule has 2 aromatic carbocycles. The van der Waals surface area contributed by atoms with Gasteiger partial charge in [0.05, 0.1) is 26.6 Å². The topological polar surface area (TPSA) is 78.2 Å². The van der Waals surface area contributed by atoms with Crippen molar-refractivity contribution in [2.45, 2.75) is 9.79 Å². The van der Waals surface area contributed by atoms with Crippen molar-refractivity contribution in [1.82, 2.24) is 0 Å². The van der Waals surface area contributed by atoms with Gasteiger partial charge in [0.25, 0.3) is 0 Å². The summed E-state index contributed by atoms with van der Waals surface area (Å²) in [6, 6.07) is 11.0. The maximum absolute atomic E-state index is 12.7. The number of benzene rings is 2. The molecule has 3 rings (SSSR count). The number of nitrogens with zero attached hydrogens (tertiary/aromatic N) is 2. The molecule has 5 nitrogen and oxygen atoms in total. The van der Waals surface area contributed by atoms with Crippen molar-refractivity contribution >= 4 is 21.3 Å². The molecule has 0 unspecified atom stereocenters. The summed E-state index contributed by atoms with van der Waals surface area (Å²) in [4.78, 5) is 14.3. The number of nitriles is 1. The summed E-state index contributed by atoms with van der Waals surface area (Å²) in [5, 5.41) is 9.44. The van der Waals surface area contributed by atoms with Crippen molar-refractivity contribution in [3.05, 3.63) is 53.1 Å². The van der Waals surface area contributed by atoms with Crippen LogP contribution in [0.15, 0.2) is 46.2 Å². The van der Waals surface area contributed by atoms with Gasteiger partial charge in [0.1, 0.15) is 6.07 Å². The lowest BCUT2D eigenvalue weighted by atomic mass is 9.96. The minimum absolute atomic E-state index is 0.00556. The van der Waals surface area contributed by atoms with E-state index in [2.05, 4.69) is 0 Å². The van der Waals surface area contributed by atoms with Crippen LogP contribution in [0.25, 0.3) is 0 Å². The predicted octanol–water partition coefficient (Wildman–Crippen LogP) is 2.00. The molecule has 0 aliphatic carbocycles. The minimum Gasteiger partial charge on any atom is -0.377 e. The monoisotopic (exact) mass is 312 g/mol. The number of rotatable bonds is 1. The molecule has 2 aromatic rings. The molecule has 110 valence electrons. The van der Waals surface area contributed by atoms with Crippen molar-refractivity contribution in [1.29, 1.82) is 5.26 Å². The second kappa shape index (κ2) is 4.68. The predicted molar refractivity (Wildman–Crippen MR) is 80.8 cm³/mol. The van der Waals surface area contributed by atoms with E-state index in [1.165, 1.54) is 18.2 Å². The third-order valence-corrected chi connectivity index (χ3v) is 5.53. The van der Waals surface area contributed by atoms with Crippen molar-refractivity contribution < 1.29 is 13.2 Å². The molecule has 0 N–H and O–H groups in total. The number of hydrogen-bond acceptors (Lipinski definition) is 5. The Kier molecular flexibility index (Phi) is 3.04. The Morgan fingerprint density at radius 2 is 1.73 bits per heavy atom. The number of anilines is 1. The van der Waals surface area contributed by atoms with Gasteiger partial charge in [0.15, 0.2) is 5.78 Å². The van der Waals surface area contributed by atoms with Crippen LogP contribution >= 0.6 is 0 Å². The van der Waals surface area contributed by atoms with Crippen LogP contribution in [0.2, 0.25) is 0 Å². The summed E-state index contributed by atoms with van der Waals surface area (Å²) in [6.45, 7) is 0. The number of carbonyl (C=O) groups excluding carboxylic acids is 1. The molecule has 0 saturated carbocycles. The van der Waals surface area contributed by atoms with Gasteiger partial charge in [0, 0.05) is 19.7 Å². The molecule has 0 fully saturated rings. The van der Waals surface area contributed by atoms with E-state index in [0.29, 0.717) is 5.69 Å². The van der Waals surface area contributed by atoms with Gasteiger partial charge in [-0.1, -0.05) is 12.1 Å². The molecule has 1 aliphatic rings. The molecular weight excluding hydrogens is 300 g/mol. The highest BCUT2D eigenvalue weighted by Crippen LogP contribution is 2.38. The SMILES string of the molecule is CN(C)c1ccc2c(c1C#N)C(=O)c1ccccc1S2(=O)=O. The number of sulfone groups is 1. The number of hydrogen-bond donors (Lipinski definition) is 0. The quantitative estimate of drug-likeness (QED) is 0.687. The van der Waals surface area contributed by atoms with Crippen LogP contribution in [0.1, 0.15) is 21.5 Å². The molecular formula is C16H12N2O3S. The van der Waals surface area contributed by atoms with Gasteiger partial charge in [0.2, 0.25) is 9.84 Å². The third-order valence-electron chi connectivity index (χ3n) is 3.68. The summed E-state index contributed by atoms with van der Waals surface area (Å²) < 4.78 is 25.4. The molecule has 0 saturated heterocycles. The molecule has 0 spiro atoms. The van der Waals surface area contributed by atoms with Crippen molar-refractivity contribution in [3.63, 3.8) is 0 Å². The van der Waals surface area contributed by atoms with Crippen molar-refractivity contribution in [2.24, 2.45) is 0 Å². The summed E-state index contributed by atoms with van der Waals surface area (Å²) in [5.41, 5.74) is 0.685. The van der Waals surface area contributed by atoms with Crippen LogP contribution in [-0.2, 0) is 9.84 Å². The van der Waals surface area contributed by atoms with Gasteiger partial charge in [-0.15, -0.1) is 0 Å². The first-order chi connectivity index (χ1) is 10.4. The Balaban J connectivity index is 2.46. The van der Waals surface area contributed by atoms with E-state index >= 15 is 0 Å². The molecule has 0 amide bonds. The Morgan fingerprint density at radius 3 is 2.36 bits per heavy atom. The highest BCUT2D eigenvalue weighted by molar-refractivity contribution is 7.91. The molecule has 0 atom stereocenters. The minimum atomic E-state index is -3.80. The van der Waals surface area contributed by atoms with Gasteiger partial charge in [-0.05, 0) is 24.3 Å². The van der Waals surface area contributed by atoms with Gasteiger partial charge in [-0.25, -0.2) is 8.42 Å². The fourth-order valence-corrected chi connectivity index (χ4v) is 4.31. The van der Waals surface area contributed by atoms with Crippen LogP contribution < -0.4 is 4.90 Å². The summed E-state index contributed by atoms with van der Waals surface area (Å²) in [5.74, 6) is -0.430. The highest BCUT2D eigenvalue weighted by atomic mass is 32.2. The van der Waals surface area contributed by atoms with Crippen LogP contribution in [0.3, 0.4) is 0 Å². The number of ketones is 1. The van der Waals surface area contributed by atoms with Crippen molar-refractivity contribution in [3.8, 4) is 6.07 Å². The second-order valence-corrected chi connectivity index (χ2v) is 7.05. The first kappa shape index (κ1) is 14.3. The smallest absolute Gasteiger partial charge is 0.208 e. The summed E-state index contributed by atoms with van der Waals surface area (Å²) in [7, 11) is -0.331. The number of carbonyl (C=O) groups is 1. The standard InChI is InChI=1S/C16H12N2O3S/c1-18(2)12-7-8-14-15(11(12)9-17)16(19)10-5-3-4-6-13(10)22(14,20)21/h3-8H,1-2H3. The molecule has 1 heterocycles. The van der Waals surface area contributed by atoms with Crippen LogP contribution in [0.4, 0.5) is 5.69 Å². The summed E-state index contributed by atoms with van der Waals surface area (Å²) >= 11 is 0. The Morgan fingerprint density at radius 1 is 1.05 bits per heavy atom.